The summed E-state index contributed by atoms with van der Waals surface area (Å²) in [6.07, 6.45) is 8.43. The van der Waals surface area contributed by atoms with Crippen LogP contribution in [0.15, 0.2) is 36.4 Å². The summed E-state index contributed by atoms with van der Waals surface area (Å²) in [7, 11) is 4.57. The van der Waals surface area contributed by atoms with Crippen molar-refractivity contribution in [2.45, 2.75) is 77.0 Å². The van der Waals surface area contributed by atoms with E-state index < -0.39 is 41.1 Å². The molecule has 2 aromatic carbocycles. The highest BCUT2D eigenvalue weighted by atomic mass is 16.5. The van der Waals surface area contributed by atoms with Crippen LogP contribution in [-0.4, -0.2) is 69.4 Å². The number of nitrogens with zero attached hydrogens (tertiary/aromatic N) is 1. The molecule has 0 aliphatic carbocycles. The van der Waals surface area contributed by atoms with Gasteiger partial charge in [-0.2, -0.15) is 0 Å². The minimum Gasteiger partial charge on any atom is -0.496 e. The lowest BCUT2D eigenvalue weighted by molar-refractivity contribution is -0.152. The maximum absolute atomic E-state index is 14.2. The summed E-state index contributed by atoms with van der Waals surface area (Å²) in [5.41, 5.74) is 0.185. The van der Waals surface area contributed by atoms with Crippen molar-refractivity contribution in [2.75, 3.05) is 34.5 Å². The Morgan fingerprint density at radius 2 is 1.79 bits per heavy atom. The third-order valence-corrected chi connectivity index (χ3v) is 8.36. The van der Waals surface area contributed by atoms with Crippen molar-refractivity contribution in [1.29, 1.82) is 0 Å². The third kappa shape index (κ3) is 6.72. The molecule has 5 bridgehead atoms. The zero-order chi connectivity index (χ0) is 30.5. The molecule has 42 heavy (non-hydrogen) atoms. The van der Waals surface area contributed by atoms with Gasteiger partial charge in [-0.3, -0.25) is 4.79 Å². The number of nitrogens with one attached hydrogen (secondary N) is 1. The van der Waals surface area contributed by atoms with Crippen LogP contribution in [0.1, 0.15) is 70.4 Å². The molecule has 1 fully saturated rings. The number of carbonyl (C=O) groups excluding carboxylic acids is 3. The van der Waals surface area contributed by atoms with E-state index in [2.05, 4.69) is 29.6 Å². The number of amides is 2. The van der Waals surface area contributed by atoms with Crippen LogP contribution < -0.4 is 10.1 Å². The number of benzene rings is 2. The maximum Gasteiger partial charge on any atom is 0.407 e. The van der Waals surface area contributed by atoms with Gasteiger partial charge in [0.1, 0.15) is 23.4 Å². The average Bonchev–Trinajstić information content (AvgIpc) is 3.38. The van der Waals surface area contributed by atoms with Crippen molar-refractivity contribution in [3.8, 4) is 5.75 Å². The van der Waals surface area contributed by atoms with E-state index in [9.17, 15) is 14.4 Å². The molecular formula is C33H44N2O7. The molecule has 0 spiro atoms. The first-order valence-electron chi connectivity index (χ1n) is 14.7. The van der Waals surface area contributed by atoms with Crippen LogP contribution in [0.3, 0.4) is 0 Å². The lowest BCUT2D eigenvalue weighted by Crippen LogP contribution is -2.57. The smallest absolute Gasteiger partial charge is 0.407 e. The number of fused-ring (bicyclic) bond motifs is 5. The molecule has 2 aromatic rings. The van der Waals surface area contributed by atoms with Crippen LogP contribution >= 0.6 is 0 Å². The Morgan fingerprint density at radius 1 is 1.02 bits per heavy atom. The van der Waals surface area contributed by atoms with Gasteiger partial charge in [-0.15, -0.1) is 0 Å². The molecule has 2 aliphatic rings. The molecule has 0 unspecified atom stereocenters. The monoisotopic (exact) mass is 580 g/mol. The molecule has 1 saturated heterocycles. The van der Waals surface area contributed by atoms with Crippen LogP contribution in [0.2, 0.25) is 0 Å². The number of cyclic esters (lactones) is 1. The molecule has 2 aliphatic heterocycles. The van der Waals surface area contributed by atoms with Gasteiger partial charge >= 0.3 is 12.1 Å². The minimum atomic E-state index is -0.972. The van der Waals surface area contributed by atoms with Crippen LogP contribution in [0.5, 0.6) is 5.75 Å². The molecule has 9 nitrogen and oxygen atoms in total. The summed E-state index contributed by atoms with van der Waals surface area (Å²) in [5.74, 6) is -0.139. The predicted octanol–water partition coefficient (Wildman–Crippen LogP) is 5.58. The molecule has 2 amide bonds. The largest absolute Gasteiger partial charge is 0.496 e. The highest BCUT2D eigenvalue weighted by Gasteiger charge is 2.53. The standard InChI is InChI=1S/C33H44N2O7/c1-32(2,3)28-29(36)35-21-33(41-6,20-26(35)30(37)40-5)25-15-14-22-19-27(39-4)23(17-24(22)18-25)13-11-9-7-8-10-12-16-42-31(38)34-28/h11,13-15,17-19,26,28H,7-10,12,16,20-21H2,1-6H3,(H,34,38)/b13-11+/t26-,28+,33-/m0/s1. The number of esters is 1. The molecule has 2 heterocycles. The van der Waals surface area contributed by atoms with Crippen LogP contribution in [0, 0.1) is 5.41 Å². The van der Waals surface area contributed by atoms with Crippen LogP contribution in [-0.2, 0) is 29.4 Å². The van der Waals surface area contributed by atoms with E-state index in [-0.39, 0.29) is 19.6 Å². The Labute approximate surface area is 248 Å². The third-order valence-electron chi connectivity index (χ3n) is 8.36. The fourth-order valence-corrected chi connectivity index (χ4v) is 5.88. The van der Waals surface area contributed by atoms with E-state index in [1.807, 2.05) is 39.0 Å². The summed E-state index contributed by atoms with van der Waals surface area (Å²) in [5, 5.41) is 4.78. The SMILES string of the molecule is COC(=O)[C@@H]1C[C@]2(OC)CN1C(=O)[C@H](C(C)(C)C)NC(=O)OCCCCCC/C=C/c1cc3cc2ccc3cc1OC. The van der Waals surface area contributed by atoms with Gasteiger partial charge < -0.3 is 29.2 Å². The van der Waals surface area contributed by atoms with E-state index >= 15 is 0 Å². The van der Waals surface area contributed by atoms with Gasteiger partial charge in [-0.1, -0.05) is 57.9 Å². The molecule has 0 aromatic heterocycles. The summed E-state index contributed by atoms with van der Waals surface area (Å²) in [4.78, 5) is 41.5. The first kappa shape index (κ1) is 31.3. The first-order valence-corrected chi connectivity index (χ1v) is 14.7. The van der Waals surface area contributed by atoms with Crippen molar-refractivity contribution in [3.63, 3.8) is 0 Å². The lowest BCUT2D eigenvalue weighted by Gasteiger charge is -2.35. The molecule has 1 N–H and O–H groups in total. The van der Waals surface area contributed by atoms with Gasteiger partial charge in [0.25, 0.3) is 0 Å². The molecular weight excluding hydrogens is 536 g/mol. The second kappa shape index (κ2) is 13.2. The summed E-state index contributed by atoms with van der Waals surface area (Å²) in [6.45, 7) is 5.98. The Bertz CT molecular complexity index is 1330. The number of alkyl carbamates (subject to hydrolysis) is 1. The van der Waals surface area contributed by atoms with E-state index in [0.717, 1.165) is 59.8 Å². The molecule has 9 heteroatoms. The maximum atomic E-state index is 14.2. The van der Waals surface area contributed by atoms with Crippen LogP contribution in [0.25, 0.3) is 16.8 Å². The molecule has 0 saturated carbocycles. The van der Waals surface area contributed by atoms with Crippen molar-refractivity contribution in [3.05, 3.63) is 47.5 Å². The van der Waals surface area contributed by atoms with Gasteiger partial charge in [0.05, 0.1) is 27.4 Å². The van der Waals surface area contributed by atoms with Crippen LogP contribution in [0.4, 0.5) is 4.79 Å². The van der Waals surface area contributed by atoms with E-state index in [0.29, 0.717) is 0 Å². The van der Waals surface area contributed by atoms with E-state index in [1.165, 1.54) is 12.0 Å². The van der Waals surface area contributed by atoms with Crippen molar-refractivity contribution in [2.24, 2.45) is 5.41 Å². The van der Waals surface area contributed by atoms with Gasteiger partial charge in [0.15, 0.2) is 0 Å². The number of methoxy groups -OCH3 is 3. The normalized spacial score (nSPS) is 25.0. The second-order valence-corrected chi connectivity index (χ2v) is 12.2. The van der Waals surface area contributed by atoms with E-state index in [4.69, 9.17) is 18.9 Å². The highest BCUT2D eigenvalue weighted by molar-refractivity contribution is 5.92. The Morgan fingerprint density at radius 3 is 2.48 bits per heavy atom. The summed E-state index contributed by atoms with van der Waals surface area (Å²) >= 11 is 0. The fourth-order valence-electron chi connectivity index (χ4n) is 5.88. The molecule has 0 radical (unpaired) electrons. The van der Waals surface area contributed by atoms with Crippen molar-refractivity contribution < 1.29 is 33.3 Å². The summed E-state index contributed by atoms with van der Waals surface area (Å²) < 4.78 is 22.4. The zero-order valence-corrected chi connectivity index (χ0v) is 25.7. The number of carbonyl (C=O) groups is 3. The van der Waals surface area contributed by atoms with Gasteiger partial charge in [-0.05, 0) is 59.2 Å². The Hall–Kier alpha value is -3.59. The topological polar surface area (TPSA) is 103 Å². The lowest BCUT2D eigenvalue weighted by atomic mass is 9.85. The van der Waals surface area contributed by atoms with Crippen molar-refractivity contribution >= 4 is 34.8 Å². The quantitative estimate of drug-likeness (QED) is 0.473. The number of ether oxygens (including phenoxy) is 4. The minimum absolute atomic E-state index is 0.111. The second-order valence-electron chi connectivity index (χ2n) is 12.2. The zero-order valence-electron chi connectivity index (χ0n) is 25.7. The highest BCUT2D eigenvalue weighted by Crippen LogP contribution is 2.42. The predicted molar refractivity (Wildman–Crippen MR) is 161 cm³/mol. The van der Waals surface area contributed by atoms with Crippen molar-refractivity contribution in [1.82, 2.24) is 10.2 Å². The molecule has 4 rings (SSSR count). The summed E-state index contributed by atoms with van der Waals surface area (Å²) in [6, 6.07) is 8.31. The number of hydrogen-bond donors (Lipinski definition) is 1. The molecule has 228 valence electrons. The first-order chi connectivity index (χ1) is 20.0. The number of hydrogen-bond acceptors (Lipinski definition) is 7. The average molecular weight is 581 g/mol. The van der Waals surface area contributed by atoms with Gasteiger partial charge in [0.2, 0.25) is 5.91 Å². The van der Waals surface area contributed by atoms with Gasteiger partial charge in [-0.25, -0.2) is 9.59 Å². The number of rotatable bonds is 3. The number of allylic oxidation sites excluding steroid dienone is 1. The molecule has 3 atom stereocenters. The van der Waals surface area contributed by atoms with E-state index in [1.54, 1.807) is 14.2 Å². The Balaban J connectivity index is 1.81. The fraction of sp³-hybridized carbons (Fsp3) is 0.545. The van der Waals surface area contributed by atoms with Gasteiger partial charge in [0, 0.05) is 19.1 Å². The Kier molecular flexibility index (Phi) is 9.82.